The zero-order valence-corrected chi connectivity index (χ0v) is 14.6. The van der Waals surface area contributed by atoms with E-state index >= 15 is 0 Å². The van der Waals surface area contributed by atoms with Crippen LogP contribution in [-0.2, 0) is 6.54 Å². The molecule has 132 valence electrons. The predicted octanol–water partition coefficient (Wildman–Crippen LogP) is 3.56. The minimum absolute atomic E-state index is 0.112. The highest BCUT2D eigenvalue weighted by Gasteiger charge is 2.26. The van der Waals surface area contributed by atoms with Crippen LogP contribution >= 0.6 is 0 Å². The Kier molecular flexibility index (Phi) is 4.88. The van der Waals surface area contributed by atoms with Gasteiger partial charge in [0, 0.05) is 30.6 Å². The molecule has 0 spiro atoms. The summed E-state index contributed by atoms with van der Waals surface area (Å²) in [5.74, 6) is 0.589. The van der Waals surface area contributed by atoms with Gasteiger partial charge in [-0.05, 0) is 37.1 Å². The van der Waals surface area contributed by atoms with Gasteiger partial charge in [0.25, 0.3) is 5.56 Å². The first-order valence-electron chi connectivity index (χ1n) is 9.09. The molecule has 0 saturated carbocycles. The molecular weight excluding hydrogens is 324 g/mol. The third-order valence-corrected chi connectivity index (χ3v) is 4.88. The standard InChI is InChI=1S/C21H22N4O/c26-20-13-18(23-21(24-20)17-9-6-11-22-14-17)19-10-4-5-12-25(19)15-16-7-2-1-3-8-16/h1-3,6-9,11,13-14,19H,4-5,10,12,15H2,(H,23,24,26). The number of piperidine rings is 1. The van der Waals surface area contributed by atoms with E-state index in [1.54, 1.807) is 18.5 Å². The highest BCUT2D eigenvalue weighted by molar-refractivity contribution is 5.52. The summed E-state index contributed by atoms with van der Waals surface area (Å²) in [4.78, 5) is 26.5. The van der Waals surface area contributed by atoms with Gasteiger partial charge in [0.2, 0.25) is 0 Å². The number of rotatable bonds is 4. The Labute approximate surface area is 152 Å². The molecule has 1 aliphatic rings. The first kappa shape index (κ1) is 16.7. The lowest BCUT2D eigenvalue weighted by molar-refractivity contribution is 0.137. The number of pyridine rings is 1. The molecule has 1 fully saturated rings. The van der Waals surface area contributed by atoms with E-state index in [-0.39, 0.29) is 11.6 Å². The summed E-state index contributed by atoms with van der Waals surface area (Å²) in [5, 5.41) is 0. The fourth-order valence-electron chi connectivity index (χ4n) is 3.62. The molecule has 0 aliphatic carbocycles. The maximum Gasteiger partial charge on any atom is 0.251 e. The number of nitrogens with one attached hydrogen (secondary N) is 1. The SMILES string of the molecule is O=c1cc(C2CCCCN2Cc2ccccc2)nc(-c2cccnc2)[nH]1. The molecule has 5 nitrogen and oxygen atoms in total. The number of hydrogen-bond acceptors (Lipinski definition) is 4. The van der Waals surface area contributed by atoms with Crippen molar-refractivity contribution in [1.29, 1.82) is 0 Å². The average Bonchev–Trinajstić information content (AvgIpc) is 2.69. The van der Waals surface area contributed by atoms with E-state index < -0.39 is 0 Å². The summed E-state index contributed by atoms with van der Waals surface area (Å²) in [6, 6.07) is 16.1. The number of nitrogens with zero attached hydrogens (tertiary/aromatic N) is 3. The molecule has 3 aromatic rings. The van der Waals surface area contributed by atoms with E-state index in [1.165, 1.54) is 12.0 Å². The molecule has 26 heavy (non-hydrogen) atoms. The Balaban J connectivity index is 1.66. The molecule has 0 radical (unpaired) electrons. The van der Waals surface area contributed by atoms with Crippen molar-refractivity contribution in [2.75, 3.05) is 6.54 Å². The summed E-state index contributed by atoms with van der Waals surface area (Å²) in [5.41, 5.74) is 2.86. The number of likely N-dealkylation sites (tertiary alicyclic amines) is 1. The average molecular weight is 346 g/mol. The van der Waals surface area contributed by atoms with Crippen molar-refractivity contribution in [3.63, 3.8) is 0 Å². The third-order valence-electron chi connectivity index (χ3n) is 4.88. The van der Waals surface area contributed by atoms with Gasteiger partial charge in [-0.3, -0.25) is 14.7 Å². The molecule has 3 heterocycles. The fraction of sp³-hybridized carbons (Fsp3) is 0.286. The largest absolute Gasteiger partial charge is 0.306 e. The van der Waals surface area contributed by atoms with Gasteiger partial charge < -0.3 is 4.98 Å². The topological polar surface area (TPSA) is 61.9 Å². The second-order valence-corrected chi connectivity index (χ2v) is 6.73. The van der Waals surface area contributed by atoms with Crippen molar-refractivity contribution in [2.45, 2.75) is 31.8 Å². The monoisotopic (exact) mass is 346 g/mol. The molecule has 1 saturated heterocycles. The molecule has 0 bridgehead atoms. The zero-order valence-electron chi connectivity index (χ0n) is 14.6. The molecule has 1 aliphatic heterocycles. The van der Waals surface area contributed by atoms with E-state index in [9.17, 15) is 4.79 Å². The van der Waals surface area contributed by atoms with Crippen LogP contribution in [0.15, 0.2) is 65.7 Å². The van der Waals surface area contributed by atoms with Crippen molar-refractivity contribution in [3.05, 3.63) is 82.5 Å². The summed E-state index contributed by atoms with van der Waals surface area (Å²) in [7, 11) is 0. The van der Waals surface area contributed by atoms with Gasteiger partial charge in [-0.1, -0.05) is 36.8 Å². The molecular formula is C21H22N4O. The summed E-state index contributed by atoms with van der Waals surface area (Å²) in [6.07, 6.45) is 6.81. The summed E-state index contributed by atoms with van der Waals surface area (Å²) in [6.45, 7) is 1.90. The lowest BCUT2D eigenvalue weighted by Gasteiger charge is -2.35. The number of aromatic amines is 1. The van der Waals surface area contributed by atoms with Crippen molar-refractivity contribution >= 4 is 0 Å². The first-order chi connectivity index (χ1) is 12.8. The van der Waals surface area contributed by atoms with Crippen LogP contribution in [0.3, 0.4) is 0 Å². The van der Waals surface area contributed by atoms with Gasteiger partial charge in [-0.25, -0.2) is 4.98 Å². The van der Waals surface area contributed by atoms with Crippen LogP contribution in [0.25, 0.3) is 11.4 Å². The van der Waals surface area contributed by atoms with E-state index in [2.05, 4.69) is 39.1 Å². The second kappa shape index (κ2) is 7.62. The quantitative estimate of drug-likeness (QED) is 0.785. The molecule has 1 unspecified atom stereocenters. The maximum absolute atomic E-state index is 12.3. The van der Waals surface area contributed by atoms with Crippen LogP contribution in [0, 0.1) is 0 Å². The lowest BCUT2D eigenvalue weighted by atomic mass is 9.98. The number of hydrogen-bond donors (Lipinski definition) is 1. The van der Waals surface area contributed by atoms with Gasteiger partial charge in [0.1, 0.15) is 5.82 Å². The highest BCUT2D eigenvalue weighted by Crippen LogP contribution is 2.31. The Morgan fingerprint density at radius 3 is 2.81 bits per heavy atom. The smallest absolute Gasteiger partial charge is 0.251 e. The van der Waals surface area contributed by atoms with Crippen molar-refractivity contribution in [2.24, 2.45) is 0 Å². The highest BCUT2D eigenvalue weighted by atomic mass is 16.1. The van der Waals surface area contributed by atoms with Crippen molar-refractivity contribution in [1.82, 2.24) is 19.9 Å². The van der Waals surface area contributed by atoms with Crippen LogP contribution < -0.4 is 5.56 Å². The van der Waals surface area contributed by atoms with E-state index in [1.807, 2.05) is 18.2 Å². The Morgan fingerprint density at radius 2 is 2.00 bits per heavy atom. The molecule has 0 amide bonds. The Hall–Kier alpha value is -2.79. The summed E-state index contributed by atoms with van der Waals surface area (Å²) < 4.78 is 0. The summed E-state index contributed by atoms with van der Waals surface area (Å²) >= 11 is 0. The number of H-pyrrole nitrogens is 1. The minimum Gasteiger partial charge on any atom is -0.306 e. The van der Waals surface area contributed by atoms with E-state index in [0.717, 1.165) is 37.2 Å². The lowest BCUT2D eigenvalue weighted by Crippen LogP contribution is -2.34. The van der Waals surface area contributed by atoms with E-state index in [0.29, 0.717) is 5.82 Å². The van der Waals surface area contributed by atoms with Crippen molar-refractivity contribution < 1.29 is 0 Å². The number of aromatic nitrogens is 3. The third kappa shape index (κ3) is 3.73. The number of benzene rings is 1. The van der Waals surface area contributed by atoms with Gasteiger partial charge in [-0.15, -0.1) is 0 Å². The van der Waals surface area contributed by atoms with Gasteiger partial charge in [-0.2, -0.15) is 0 Å². The van der Waals surface area contributed by atoms with Crippen LogP contribution in [0.5, 0.6) is 0 Å². The van der Waals surface area contributed by atoms with Gasteiger partial charge in [0.15, 0.2) is 0 Å². The predicted molar refractivity (Wildman–Crippen MR) is 102 cm³/mol. The normalized spacial score (nSPS) is 17.9. The first-order valence-corrected chi connectivity index (χ1v) is 9.09. The minimum atomic E-state index is -0.112. The zero-order chi connectivity index (χ0) is 17.8. The fourth-order valence-corrected chi connectivity index (χ4v) is 3.62. The van der Waals surface area contributed by atoms with Crippen molar-refractivity contribution in [3.8, 4) is 11.4 Å². The molecule has 4 rings (SSSR count). The van der Waals surface area contributed by atoms with Crippen LogP contribution in [-0.4, -0.2) is 26.4 Å². The second-order valence-electron chi connectivity index (χ2n) is 6.73. The Bertz CT molecular complexity index is 908. The van der Waals surface area contributed by atoms with Gasteiger partial charge in [0.05, 0.1) is 11.7 Å². The Morgan fingerprint density at radius 1 is 1.12 bits per heavy atom. The maximum atomic E-state index is 12.3. The molecule has 1 atom stereocenters. The molecule has 5 heteroatoms. The van der Waals surface area contributed by atoms with Gasteiger partial charge >= 0.3 is 0 Å². The van der Waals surface area contributed by atoms with Crippen LogP contribution in [0.2, 0.25) is 0 Å². The van der Waals surface area contributed by atoms with Crippen LogP contribution in [0.1, 0.15) is 36.6 Å². The molecule has 1 aromatic carbocycles. The molecule has 1 N–H and O–H groups in total. The van der Waals surface area contributed by atoms with E-state index in [4.69, 9.17) is 4.98 Å². The van der Waals surface area contributed by atoms with Crippen LogP contribution in [0.4, 0.5) is 0 Å². The molecule has 2 aromatic heterocycles.